The van der Waals surface area contributed by atoms with Crippen LogP contribution in [0.2, 0.25) is 0 Å². The van der Waals surface area contributed by atoms with Crippen molar-refractivity contribution in [1.29, 1.82) is 0 Å². The third-order valence-electron chi connectivity index (χ3n) is 0.263. The van der Waals surface area contributed by atoms with Gasteiger partial charge in [0.25, 0.3) is 0 Å². The van der Waals surface area contributed by atoms with Gasteiger partial charge in [0.1, 0.15) is 6.26 Å². The molecule has 0 heterocycles. The molecule has 0 radical (unpaired) electrons. The predicted octanol–water partition coefficient (Wildman–Crippen LogP) is 1.21. The summed E-state index contributed by atoms with van der Waals surface area (Å²) in [5, 5.41) is 18.4. The minimum atomic E-state index is -0.734. The maximum absolute atomic E-state index is 8.05. The molecule has 0 rings (SSSR count). The van der Waals surface area contributed by atoms with E-state index in [1.165, 1.54) is 0 Å². The van der Waals surface area contributed by atoms with Crippen LogP contribution in [0.25, 0.3) is 10.4 Å². The fourth-order valence-corrected chi connectivity index (χ4v) is 0.0716. The molecule has 38 valence electrons. The van der Waals surface area contributed by atoms with Crippen molar-refractivity contribution >= 4 is 0 Å². The van der Waals surface area contributed by atoms with Gasteiger partial charge >= 0.3 is 0 Å². The second kappa shape index (κ2) is 2.87. The molecule has 0 aliphatic carbocycles. The zero-order valence-corrected chi connectivity index (χ0v) is 3.31. The van der Waals surface area contributed by atoms with Crippen LogP contribution in [0.5, 0.6) is 0 Å². The monoisotopic (exact) mass is 101 g/mol. The van der Waals surface area contributed by atoms with E-state index in [1.807, 2.05) is 0 Å². The molecule has 0 aromatic heterocycles. The largest absolute Gasteiger partial charge is 0.512 e. The molecule has 0 amide bonds. The molecule has 0 bridgehead atoms. The van der Waals surface area contributed by atoms with Crippen molar-refractivity contribution < 1.29 is 10.2 Å². The van der Waals surface area contributed by atoms with Crippen LogP contribution in [0, 0.1) is 0 Å². The first-order valence-electron chi connectivity index (χ1n) is 1.39. The lowest BCUT2D eigenvalue weighted by Gasteiger charge is -1.76. The summed E-state index contributed by atoms with van der Waals surface area (Å²) in [4.78, 5) is 2.15. The van der Waals surface area contributed by atoms with E-state index in [0.717, 1.165) is 0 Å². The van der Waals surface area contributed by atoms with E-state index < -0.39 is 5.88 Å². The Balaban J connectivity index is 3.82. The van der Waals surface area contributed by atoms with Gasteiger partial charge < -0.3 is 10.2 Å². The Morgan fingerprint density at radius 3 is 2.57 bits per heavy atom. The Kier molecular flexibility index (Phi) is 2.31. The van der Waals surface area contributed by atoms with Gasteiger partial charge in [-0.1, -0.05) is 0 Å². The van der Waals surface area contributed by atoms with Crippen LogP contribution in [0.1, 0.15) is 0 Å². The lowest BCUT2D eigenvalue weighted by molar-refractivity contribution is 0.356. The molecule has 0 aromatic rings. The van der Waals surface area contributed by atoms with Crippen LogP contribution in [-0.4, -0.2) is 10.2 Å². The number of rotatable bonds is 1. The fourth-order valence-electron chi connectivity index (χ4n) is 0.0716. The molecule has 7 heavy (non-hydrogen) atoms. The van der Waals surface area contributed by atoms with E-state index >= 15 is 0 Å². The first-order valence-corrected chi connectivity index (χ1v) is 1.39. The van der Waals surface area contributed by atoms with E-state index in [-0.39, 0.29) is 0 Å². The molecule has 0 fully saturated rings. The van der Waals surface area contributed by atoms with Gasteiger partial charge in [-0.25, -0.2) is 0 Å². The minimum absolute atomic E-state index is 0.305. The number of aliphatic hydroxyl groups is 2. The Labute approximate surface area is 39.1 Å². The summed E-state index contributed by atoms with van der Waals surface area (Å²) < 4.78 is 0. The Bertz CT molecular complexity index is 123. The van der Waals surface area contributed by atoms with E-state index in [0.29, 0.717) is 6.26 Å². The highest BCUT2D eigenvalue weighted by Crippen LogP contribution is 1.84. The van der Waals surface area contributed by atoms with E-state index in [4.69, 9.17) is 15.7 Å². The lowest BCUT2D eigenvalue weighted by Crippen LogP contribution is -1.67. The van der Waals surface area contributed by atoms with Crippen molar-refractivity contribution in [3.8, 4) is 0 Å². The summed E-state index contributed by atoms with van der Waals surface area (Å²) in [5.41, 5.74) is 7.51. The van der Waals surface area contributed by atoms with Gasteiger partial charge in [0.15, 0.2) is 0 Å². The summed E-state index contributed by atoms with van der Waals surface area (Å²) in [6.45, 7) is 0. The van der Waals surface area contributed by atoms with Gasteiger partial charge in [-0.3, -0.25) is 0 Å². The molecule has 0 atom stereocenters. The standard InChI is InChI=1S/C2H3N3O2/c3-5-4-2(7)1-6/h1,6-7H. The van der Waals surface area contributed by atoms with Gasteiger partial charge in [0.2, 0.25) is 5.88 Å². The Morgan fingerprint density at radius 2 is 2.43 bits per heavy atom. The zero-order chi connectivity index (χ0) is 5.70. The average Bonchev–Trinajstić information content (AvgIpc) is 1.68. The molecule has 0 saturated heterocycles. The molecule has 0 aromatic carbocycles. The van der Waals surface area contributed by atoms with E-state index in [9.17, 15) is 0 Å². The smallest absolute Gasteiger partial charge is 0.214 e. The van der Waals surface area contributed by atoms with Crippen molar-refractivity contribution in [2.45, 2.75) is 0 Å². The molecule has 2 N–H and O–H groups in total. The second-order valence-corrected chi connectivity index (χ2v) is 0.677. The predicted molar refractivity (Wildman–Crippen MR) is 22.5 cm³/mol. The molecule has 0 unspecified atom stereocenters. The van der Waals surface area contributed by atoms with E-state index in [2.05, 4.69) is 10.0 Å². The average molecular weight is 101 g/mol. The van der Waals surface area contributed by atoms with Gasteiger partial charge in [0.05, 0.1) is 0 Å². The second-order valence-electron chi connectivity index (χ2n) is 0.677. The third kappa shape index (κ3) is 2.45. The lowest BCUT2D eigenvalue weighted by atomic mass is 10.9. The normalized spacial score (nSPS) is 10.0. The molecular formula is C2H3N3O2. The molecule has 5 nitrogen and oxygen atoms in total. The molecule has 0 saturated carbocycles. The summed E-state index contributed by atoms with van der Waals surface area (Å²) in [6, 6.07) is 0. The summed E-state index contributed by atoms with van der Waals surface area (Å²) in [5.74, 6) is -0.734. The molecular weight excluding hydrogens is 98.0 g/mol. The fraction of sp³-hybridized carbons (Fsp3) is 0. The maximum atomic E-state index is 8.05. The third-order valence-corrected chi connectivity index (χ3v) is 0.263. The number of hydrogen-bond donors (Lipinski definition) is 2. The molecule has 0 aliphatic heterocycles. The zero-order valence-electron chi connectivity index (χ0n) is 3.31. The molecule has 0 aliphatic rings. The summed E-state index contributed by atoms with van der Waals surface area (Å²) in [7, 11) is 0. The summed E-state index contributed by atoms with van der Waals surface area (Å²) in [6.07, 6.45) is 0.305. The van der Waals surface area contributed by atoms with Crippen molar-refractivity contribution in [3.63, 3.8) is 0 Å². The minimum Gasteiger partial charge on any atom is -0.512 e. The van der Waals surface area contributed by atoms with Crippen molar-refractivity contribution in [2.24, 2.45) is 5.11 Å². The van der Waals surface area contributed by atoms with Crippen molar-refractivity contribution in [2.75, 3.05) is 0 Å². The van der Waals surface area contributed by atoms with Gasteiger partial charge in [-0.05, 0) is 10.6 Å². The number of hydrogen-bond acceptors (Lipinski definition) is 3. The van der Waals surface area contributed by atoms with Gasteiger partial charge in [0, 0.05) is 4.91 Å². The van der Waals surface area contributed by atoms with Gasteiger partial charge in [-0.2, -0.15) is 0 Å². The van der Waals surface area contributed by atoms with E-state index in [1.54, 1.807) is 0 Å². The SMILES string of the molecule is [N-]=[N+]=NC(O)=CO. The Hall–Kier alpha value is -1.35. The van der Waals surface area contributed by atoms with Crippen LogP contribution in [0.4, 0.5) is 0 Å². The first-order chi connectivity index (χ1) is 3.31. The molecule has 0 spiro atoms. The quantitative estimate of drug-likeness (QED) is 0.225. The molecule has 5 heteroatoms. The first kappa shape index (κ1) is 5.65. The van der Waals surface area contributed by atoms with Crippen molar-refractivity contribution in [1.82, 2.24) is 0 Å². The number of azide groups is 1. The summed E-state index contributed by atoms with van der Waals surface area (Å²) >= 11 is 0. The Morgan fingerprint density at radius 1 is 1.86 bits per heavy atom. The maximum Gasteiger partial charge on any atom is 0.214 e. The van der Waals surface area contributed by atoms with Crippen LogP contribution in [0.3, 0.4) is 0 Å². The number of nitrogens with zero attached hydrogens (tertiary/aromatic N) is 3. The van der Waals surface area contributed by atoms with Crippen LogP contribution in [-0.2, 0) is 0 Å². The highest BCUT2D eigenvalue weighted by molar-refractivity contribution is 4.79. The van der Waals surface area contributed by atoms with Crippen molar-refractivity contribution in [3.05, 3.63) is 22.6 Å². The van der Waals surface area contributed by atoms with Crippen LogP contribution < -0.4 is 0 Å². The van der Waals surface area contributed by atoms with Gasteiger partial charge in [-0.15, -0.1) is 0 Å². The highest BCUT2D eigenvalue weighted by atomic mass is 16.3. The van der Waals surface area contributed by atoms with Crippen LogP contribution >= 0.6 is 0 Å². The highest BCUT2D eigenvalue weighted by Gasteiger charge is 1.77. The van der Waals surface area contributed by atoms with Crippen LogP contribution in [0.15, 0.2) is 17.3 Å². The number of aliphatic hydroxyl groups excluding tert-OH is 2. The topological polar surface area (TPSA) is 89.2 Å².